The highest BCUT2D eigenvalue weighted by molar-refractivity contribution is 8.00. The summed E-state index contributed by atoms with van der Waals surface area (Å²) < 4.78 is 2.70. The Labute approximate surface area is 106 Å². The molecule has 0 aromatic carbocycles. The zero-order valence-corrected chi connectivity index (χ0v) is 10.7. The van der Waals surface area contributed by atoms with E-state index in [9.17, 15) is 4.79 Å². The summed E-state index contributed by atoms with van der Waals surface area (Å²) >= 11 is 2.98. The summed E-state index contributed by atoms with van der Waals surface area (Å²) in [4.78, 5) is 14.7. The van der Waals surface area contributed by atoms with E-state index < -0.39 is 5.97 Å². The number of carbonyl (C=O) groups is 1. The van der Waals surface area contributed by atoms with Crippen molar-refractivity contribution in [2.45, 2.75) is 16.5 Å². The molecule has 0 amide bonds. The number of thiazole rings is 1. The van der Waals surface area contributed by atoms with Crippen LogP contribution in [0.1, 0.15) is 11.5 Å². The van der Waals surface area contributed by atoms with Crippen LogP contribution in [0.2, 0.25) is 0 Å². The number of hydrogen-bond acceptors (Lipinski definition) is 6. The molecule has 1 N–H and O–H groups in total. The fourth-order valence-electron chi connectivity index (χ4n) is 1.15. The Morgan fingerprint density at radius 3 is 3.12 bits per heavy atom. The lowest BCUT2D eigenvalue weighted by molar-refractivity contribution is -0.136. The van der Waals surface area contributed by atoms with Crippen LogP contribution in [0.15, 0.2) is 16.0 Å². The molecule has 0 bridgehead atoms. The molecule has 0 aliphatic rings. The summed E-state index contributed by atoms with van der Waals surface area (Å²) in [5, 5.41) is 18.1. The summed E-state index contributed by atoms with van der Waals surface area (Å²) in [6, 6.07) is 0. The molecule has 0 aliphatic carbocycles. The zero-order chi connectivity index (χ0) is 12.3. The van der Waals surface area contributed by atoms with Crippen LogP contribution >= 0.6 is 23.1 Å². The molecule has 2 rings (SSSR count). The third kappa shape index (κ3) is 3.27. The van der Waals surface area contributed by atoms with Crippen molar-refractivity contribution in [3.05, 3.63) is 23.2 Å². The molecule has 0 saturated heterocycles. The second-order valence-corrected chi connectivity index (χ2v) is 5.40. The van der Waals surface area contributed by atoms with Gasteiger partial charge < -0.3 is 9.67 Å². The normalized spacial score (nSPS) is 10.6. The molecule has 2 heterocycles. The highest BCUT2D eigenvalue weighted by Crippen LogP contribution is 2.25. The maximum Gasteiger partial charge on any atom is 0.309 e. The van der Waals surface area contributed by atoms with Gasteiger partial charge in [0.25, 0.3) is 0 Å². The SMILES string of the molecule is Cn1cnnc1CSc1nc(CC(=O)O)cs1. The first-order chi connectivity index (χ1) is 8.15. The van der Waals surface area contributed by atoms with Crippen molar-refractivity contribution >= 4 is 29.1 Å². The Kier molecular flexibility index (Phi) is 3.75. The van der Waals surface area contributed by atoms with Crippen LogP contribution in [0.4, 0.5) is 0 Å². The average Bonchev–Trinajstić information content (AvgIpc) is 2.84. The summed E-state index contributed by atoms with van der Waals surface area (Å²) in [5.41, 5.74) is 0.600. The van der Waals surface area contributed by atoms with E-state index in [0.717, 1.165) is 10.2 Å². The Balaban J connectivity index is 1.93. The van der Waals surface area contributed by atoms with Crippen LogP contribution in [0, 0.1) is 0 Å². The minimum Gasteiger partial charge on any atom is -0.481 e. The van der Waals surface area contributed by atoms with Crippen LogP contribution in [0.5, 0.6) is 0 Å². The summed E-state index contributed by atoms with van der Waals surface area (Å²) in [6.07, 6.45) is 1.62. The monoisotopic (exact) mass is 270 g/mol. The molecule has 90 valence electrons. The Bertz CT molecular complexity index is 523. The second kappa shape index (κ2) is 5.28. The number of rotatable bonds is 5. The van der Waals surface area contributed by atoms with E-state index in [-0.39, 0.29) is 6.42 Å². The molecule has 2 aromatic heterocycles. The zero-order valence-electron chi connectivity index (χ0n) is 9.03. The highest BCUT2D eigenvalue weighted by atomic mass is 32.2. The molecular formula is C9H10N4O2S2. The van der Waals surface area contributed by atoms with Crippen LogP contribution in [-0.2, 0) is 24.0 Å². The molecule has 0 aliphatic heterocycles. The third-order valence-corrected chi connectivity index (χ3v) is 4.06. The largest absolute Gasteiger partial charge is 0.481 e. The highest BCUT2D eigenvalue weighted by Gasteiger charge is 2.08. The van der Waals surface area contributed by atoms with Crippen molar-refractivity contribution in [2.24, 2.45) is 7.05 Å². The summed E-state index contributed by atoms with van der Waals surface area (Å²) in [7, 11) is 1.88. The predicted molar refractivity (Wildman–Crippen MR) is 64.0 cm³/mol. The average molecular weight is 270 g/mol. The van der Waals surface area contributed by atoms with E-state index in [1.54, 1.807) is 11.7 Å². The van der Waals surface area contributed by atoms with Crippen LogP contribution in [0.3, 0.4) is 0 Å². The van der Waals surface area contributed by atoms with E-state index in [0.29, 0.717) is 11.4 Å². The summed E-state index contributed by atoms with van der Waals surface area (Å²) in [6.45, 7) is 0. The first-order valence-electron chi connectivity index (χ1n) is 4.77. The molecule has 17 heavy (non-hydrogen) atoms. The quantitative estimate of drug-likeness (QED) is 0.822. The van der Waals surface area contributed by atoms with Crippen molar-refractivity contribution < 1.29 is 9.90 Å². The van der Waals surface area contributed by atoms with E-state index in [2.05, 4.69) is 15.2 Å². The predicted octanol–water partition coefficient (Wildman–Crippen LogP) is 1.19. The Morgan fingerprint density at radius 1 is 1.65 bits per heavy atom. The van der Waals surface area contributed by atoms with Gasteiger partial charge in [0, 0.05) is 12.4 Å². The van der Waals surface area contributed by atoms with E-state index in [4.69, 9.17) is 5.11 Å². The number of aliphatic carboxylic acids is 1. The fraction of sp³-hybridized carbons (Fsp3) is 0.333. The topological polar surface area (TPSA) is 80.9 Å². The number of thioether (sulfide) groups is 1. The summed E-state index contributed by atoms with van der Waals surface area (Å²) in [5.74, 6) is 0.682. The van der Waals surface area contributed by atoms with Gasteiger partial charge in [-0.25, -0.2) is 4.98 Å². The van der Waals surface area contributed by atoms with Crippen molar-refractivity contribution in [1.82, 2.24) is 19.7 Å². The molecule has 0 atom stereocenters. The number of carboxylic acids is 1. The van der Waals surface area contributed by atoms with Gasteiger partial charge in [0.1, 0.15) is 12.2 Å². The first kappa shape index (κ1) is 12.1. The minimum absolute atomic E-state index is 0.0268. The molecule has 0 radical (unpaired) electrons. The molecule has 0 saturated carbocycles. The van der Waals surface area contributed by atoms with Gasteiger partial charge in [-0.15, -0.1) is 21.5 Å². The lowest BCUT2D eigenvalue weighted by Crippen LogP contribution is -1.99. The van der Waals surface area contributed by atoms with Gasteiger partial charge >= 0.3 is 5.97 Å². The smallest absolute Gasteiger partial charge is 0.309 e. The Hall–Kier alpha value is -1.41. The number of aryl methyl sites for hydroxylation is 1. The maximum absolute atomic E-state index is 10.5. The fourth-order valence-corrected chi connectivity index (χ4v) is 2.99. The number of hydrogen-bond donors (Lipinski definition) is 1. The van der Waals surface area contributed by atoms with Crippen LogP contribution < -0.4 is 0 Å². The minimum atomic E-state index is -0.861. The van der Waals surface area contributed by atoms with Crippen LogP contribution in [-0.4, -0.2) is 30.8 Å². The van der Waals surface area contributed by atoms with Crippen LogP contribution in [0.25, 0.3) is 0 Å². The molecule has 2 aromatic rings. The second-order valence-electron chi connectivity index (χ2n) is 3.32. The standard InChI is InChI=1S/C9H10N4O2S2/c1-13-5-10-12-7(13)4-17-9-11-6(3-16-9)2-8(14)15/h3,5H,2,4H2,1H3,(H,14,15). The maximum atomic E-state index is 10.5. The van der Waals surface area contributed by atoms with E-state index in [1.165, 1.54) is 23.1 Å². The van der Waals surface area contributed by atoms with Crippen molar-refractivity contribution in [2.75, 3.05) is 0 Å². The van der Waals surface area contributed by atoms with E-state index >= 15 is 0 Å². The third-order valence-electron chi connectivity index (χ3n) is 1.99. The van der Waals surface area contributed by atoms with Gasteiger partial charge in [-0.1, -0.05) is 11.8 Å². The number of nitrogens with zero attached hydrogens (tertiary/aromatic N) is 4. The molecule has 0 spiro atoms. The molecule has 6 nitrogen and oxygen atoms in total. The van der Waals surface area contributed by atoms with Gasteiger partial charge in [0.15, 0.2) is 4.34 Å². The first-order valence-corrected chi connectivity index (χ1v) is 6.63. The molecule has 8 heteroatoms. The van der Waals surface area contributed by atoms with Crippen molar-refractivity contribution in [3.8, 4) is 0 Å². The van der Waals surface area contributed by atoms with Gasteiger partial charge in [-0.05, 0) is 0 Å². The van der Waals surface area contributed by atoms with Crippen molar-refractivity contribution in [1.29, 1.82) is 0 Å². The van der Waals surface area contributed by atoms with Gasteiger partial charge in [-0.3, -0.25) is 4.79 Å². The molecular weight excluding hydrogens is 260 g/mol. The lowest BCUT2D eigenvalue weighted by Gasteiger charge is -1.97. The molecule has 0 unspecified atom stereocenters. The number of aromatic nitrogens is 4. The van der Waals surface area contributed by atoms with Crippen molar-refractivity contribution in [3.63, 3.8) is 0 Å². The van der Waals surface area contributed by atoms with E-state index in [1.807, 2.05) is 11.6 Å². The Morgan fingerprint density at radius 2 is 2.47 bits per heavy atom. The number of carboxylic acid groups (broad SMARTS) is 1. The van der Waals surface area contributed by atoms with Gasteiger partial charge in [0.2, 0.25) is 0 Å². The van der Waals surface area contributed by atoms with Gasteiger partial charge in [-0.2, -0.15) is 0 Å². The molecule has 0 fully saturated rings. The van der Waals surface area contributed by atoms with Gasteiger partial charge in [0.05, 0.1) is 17.9 Å². The lowest BCUT2D eigenvalue weighted by atomic mass is 10.3.